The Morgan fingerprint density at radius 2 is 1.86 bits per heavy atom. The van der Waals surface area contributed by atoms with Crippen LogP contribution in [0.1, 0.15) is 51.8 Å². The Hall–Kier alpha value is -2.10. The molecule has 0 saturated heterocycles. The first-order valence-electron chi connectivity index (χ1n) is 7.58. The molecule has 1 aromatic heterocycles. The number of benzene rings is 1. The molecule has 0 aliphatic heterocycles. The lowest BCUT2D eigenvalue weighted by atomic mass is 9.97. The molecule has 0 radical (unpaired) electrons. The lowest BCUT2D eigenvalue weighted by Crippen LogP contribution is -2.26. The number of hydrogen-bond donors (Lipinski definition) is 0. The number of carbonyl (C=O) groups excluding carboxylic acids is 1. The standard InChI is InChI=1S/C18H24N2O2/c1-12(2)14-11-16(22-17(21)18(4,5)6)20(19-14)15-10-8-7-9-13(15)3/h7-12H,1-6H3. The van der Waals surface area contributed by atoms with E-state index in [1.807, 2.05) is 58.0 Å². The van der Waals surface area contributed by atoms with E-state index in [0.717, 1.165) is 16.9 Å². The van der Waals surface area contributed by atoms with Crippen LogP contribution in [0.25, 0.3) is 5.69 Å². The molecule has 4 nitrogen and oxygen atoms in total. The summed E-state index contributed by atoms with van der Waals surface area (Å²) in [6, 6.07) is 9.77. The summed E-state index contributed by atoms with van der Waals surface area (Å²) in [7, 11) is 0. The Morgan fingerprint density at radius 3 is 2.41 bits per heavy atom. The van der Waals surface area contributed by atoms with Crippen LogP contribution < -0.4 is 4.74 Å². The maximum Gasteiger partial charge on any atom is 0.317 e. The van der Waals surface area contributed by atoms with Gasteiger partial charge in [0.25, 0.3) is 0 Å². The molecule has 2 aromatic rings. The van der Waals surface area contributed by atoms with Crippen LogP contribution in [0.4, 0.5) is 0 Å². The second-order valence-corrected chi connectivity index (χ2v) is 6.90. The van der Waals surface area contributed by atoms with Crippen molar-refractivity contribution in [1.82, 2.24) is 9.78 Å². The zero-order chi connectivity index (χ0) is 16.5. The molecule has 0 aliphatic carbocycles. The van der Waals surface area contributed by atoms with Gasteiger partial charge in [0, 0.05) is 6.07 Å². The number of aromatic nitrogens is 2. The van der Waals surface area contributed by atoms with Crippen molar-refractivity contribution in [2.24, 2.45) is 5.41 Å². The molecule has 2 rings (SSSR count). The number of rotatable bonds is 3. The first-order chi connectivity index (χ1) is 10.2. The van der Waals surface area contributed by atoms with Crippen molar-refractivity contribution in [2.75, 3.05) is 0 Å². The largest absolute Gasteiger partial charge is 0.407 e. The third-order valence-corrected chi connectivity index (χ3v) is 3.44. The van der Waals surface area contributed by atoms with E-state index in [9.17, 15) is 4.79 Å². The van der Waals surface area contributed by atoms with Crippen LogP contribution in [0.3, 0.4) is 0 Å². The molecule has 1 heterocycles. The summed E-state index contributed by atoms with van der Waals surface area (Å²) in [5.41, 5.74) is 2.35. The quantitative estimate of drug-likeness (QED) is 0.796. The molecule has 0 bridgehead atoms. The van der Waals surface area contributed by atoms with E-state index < -0.39 is 5.41 Å². The summed E-state index contributed by atoms with van der Waals surface area (Å²) in [6.45, 7) is 11.7. The number of aryl methyl sites for hydroxylation is 1. The predicted molar refractivity (Wildman–Crippen MR) is 87.5 cm³/mol. The SMILES string of the molecule is Cc1ccccc1-n1nc(C(C)C)cc1OC(=O)C(C)(C)C. The first-order valence-corrected chi connectivity index (χ1v) is 7.58. The molecule has 0 amide bonds. The minimum absolute atomic E-state index is 0.261. The van der Waals surface area contributed by atoms with E-state index in [0.29, 0.717) is 5.88 Å². The van der Waals surface area contributed by atoms with Gasteiger partial charge < -0.3 is 4.74 Å². The van der Waals surface area contributed by atoms with Gasteiger partial charge in [0.05, 0.1) is 16.8 Å². The van der Waals surface area contributed by atoms with Gasteiger partial charge in [0.2, 0.25) is 5.88 Å². The van der Waals surface area contributed by atoms with Gasteiger partial charge in [-0.25, -0.2) is 4.68 Å². The van der Waals surface area contributed by atoms with Crippen molar-refractivity contribution in [1.29, 1.82) is 0 Å². The summed E-state index contributed by atoms with van der Waals surface area (Å²) in [5.74, 6) is 0.466. The van der Waals surface area contributed by atoms with Crippen LogP contribution >= 0.6 is 0 Å². The second kappa shape index (κ2) is 5.95. The highest BCUT2D eigenvalue weighted by Crippen LogP contribution is 2.27. The summed E-state index contributed by atoms with van der Waals surface area (Å²) in [4.78, 5) is 12.2. The van der Waals surface area contributed by atoms with E-state index in [2.05, 4.69) is 18.9 Å². The van der Waals surface area contributed by atoms with Crippen LogP contribution in [0.5, 0.6) is 5.88 Å². The zero-order valence-corrected chi connectivity index (χ0v) is 14.2. The van der Waals surface area contributed by atoms with Crippen LogP contribution in [-0.4, -0.2) is 15.7 Å². The lowest BCUT2D eigenvalue weighted by Gasteiger charge is -2.17. The fourth-order valence-corrected chi connectivity index (χ4v) is 1.96. The average Bonchev–Trinajstić information content (AvgIpc) is 2.82. The monoisotopic (exact) mass is 300 g/mol. The van der Waals surface area contributed by atoms with Crippen molar-refractivity contribution in [3.63, 3.8) is 0 Å². The molecule has 22 heavy (non-hydrogen) atoms. The molecule has 0 N–H and O–H groups in total. The molecule has 0 saturated carbocycles. The zero-order valence-electron chi connectivity index (χ0n) is 14.2. The Bertz CT molecular complexity index is 679. The topological polar surface area (TPSA) is 44.1 Å². The van der Waals surface area contributed by atoms with Gasteiger partial charge in [-0.2, -0.15) is 5.10 Å². The van der Waals surface area contributed by atoms with E-state index in [1.165, 1.54) is 0 Å². The number of para-hydroxylation sites is 1. The Labute approximate surface area is 132 Å². The average molecular weight is 300 g/mol. The highest BCUT2D eigenvalue weighted by molar-refractivity contribution is 5.77. The number of esters is 1. The smallest absolute Gasteiger partial charge is 0.317 e. The van der Waals surface area contributed by atoms with E-state index >= 15 is 0 Å². The molecule has 0 fully saturated rings. The normalized spacial score (nSPS) is 11.8. The summed E-state index contributed by atoms with van der Waals surface area (Å²) >= 11 is 0. The van der Waals surface area contributed by atoms with E-state index in [-0.39, 0.29) is 11.9 Å². The van der Waals surface area contributed by atoms with E-state index in [4.69, 9.17) is 4.74 Å². The maximum absolute atomic E-state index is 12.2. The van der Waals surface area contributed by atoms with Gasteiger partial charge >= 0.3 is 5.97 Å². The van der Waals surface area contributed by atoms with Crippen LogP contribution in [0.2, 0.25) is 0 Å². The first kappa shape index (κ1) is 16.3. The van der Waals surface area contributed by atoms with Gasteiger partial charge in [-0.3, -0.25) is 4.79 Å². The third-order valence-electron chi connectivity index (χ3n) is 3.44. The summed E-state index contributed by atoms with van der Waals surface area (Å²) in [5, 5.41) is 4.62. The summed E-state index contributed by atoms with van der Waals surface area (Å²) in [6.07, 6.45) is 0. The molecule has 118 valence electrons. The molecule has 0 atom stereocenters. The number of hydrogen-bond acceptors (Lipinski definition) is 3. The van der Waals surface area contributed by atoms with Crippen molar-refractivity contribution in [3.05, 3.63) is 41.6 Å². The van der Waals surface area contributed by atoms with Crippen LogP contribution in [0.15, 0.2) is 30.3 Å². The molecule has 0 aliphatic rings. The molecule has 0 unspecified atom stereocenters. The van der Waals surface area contributed by atoms with Gasteiger partial charge in [0.15, 0.2) is 0 Å². The molecule has 4 heteroatoms. The fraction of sp³-hybridized carbons (Fsp3) is 0.444. The van der Waals surface area contributed by atoms with Crippen molar-refractivity contribution < 1.29 is 9.53 Å². The van der Waals surface area contributed by atoms with Gasteiger partial charge in [-0.1, -0.05) is 32.0 Å². The Kier molecular flexibility index (Phi) is 4.40. The summed E-state index contributed by atoms with van der Waals surface area (Å²) < 4.78 is 7.33. The molecular formula is C18H24N2O2. The van der Waals surface area contributed by atoms with E-state index in [1.54, 1.807) is 4.68 Å². The van der Waals surface area contributed by atoms with Gasteiger partial charge in [-0.15, -0.1) is 0 Å². The van der Waals surface area contributed by atoms with Gasteiger partial charge in [0.1, 0.15) is 0 Å². The number of ether oxygens (including phenoxy) is 1. The molecule has 1 aromatic carbocycles. The number of carbonyl (C=O) groups is 1. The lowest BCUT2D eigenvalue weighted by molar-refractivity contribution is -0.143. The number of nitrogens with zero attached hydrogens (tertiary/aromatic N) is 2. The minimum atomic E-state index is -0.557. The van der Waals surface area contributed by atoms with Crippen molar-refractivity contribution >= 4 is 5.97 Å². The van der Waals surface area contributed by atoms with Gasteiger partial charge in [-0.05, 0) is 45.2 Å². The van der Waals surface area contributed by atoms with Crippen molar-refractivity contribution in [2.45, 2.75) is 47.5 Å². The highest BCUT2D eigenvalue weighted by Gasteiger charge is 2.26. The van der Waals surface area contributed by atoms with Crippen LogP contribution in [-0.2, 0) is 4.79 Å². The third kappa shape index (κ3) is 3.38. The molecular weight excluding hydrogens is 276 g/mol. The fourth-order valence-electron chi connectivity index (χ4n) is 1.96. The Balaban J connectivity index is 2.49. The maximum atomic E-state index is 12.2. The highest BCUT2D eigenvalue weighted by atomic mass is 16.5. The Morgan fingerprint density at radius 1 is 1.23 bits per heavy atom. The minimum Gasteiger partial charge on any atom is -0.407 e. The second-order valence-electron chi connectivity index (χ2n) is 6.90. The molecule has 0 spiro atoms. The predicted octanol–water partition coefficient (Wildman–Crippen LogP) is 4.26. The van der Waals surface area contributed by atoms with Crippen molar-refractivity contribution in [3.8, 4) is 11.6 Å². The van der Waals surface area contributed by atoms with Crippen LogP contribution in [0, 0.1) is 12.3 Å².